The van der Waals surface area contributed by atoms with Crippen LogP contribution in [-0.2, 0) is 25.6 Å². The summed E-state index contributed by atoms with van der Waals surface area (Å²) >= 11 is 0. The van der Waals surface area contributed by atoms with Gasteiger partial charge in [0.15, 0.2) is 0 Å². The molecule has 1 aromatic carbocycles. The number of carboxylic acids is 1. The summed E-state index contributed by atoms with van der Waals surface area (Å²) in [6.45, 7) is 4.32. The van der Waals surface area contributed by atoms with Crippen LogP contribution in [-0.4, -0.2) is 46.9 Å². The maximum Gasteiger partial charge on any atom is 0.326 e. The van der Waals surface area contributed by atoms with E-state index in [1.54, 1.807) is 31.2 Å². The minimum Gasteiger partial charge on any atom is -0.480 e. The smallest absolute Gasteiger partial charge is 0.326 e. The molecule has 0 aromatic heterocycles. The summed E-state index contributed by atoms with van der Waals surface area (Å²) in [5.74, 6) is 2.56. The van der Waals surface area contributed by atoms with E-state index in [2.05, 4.69) is 27.8 Å². The first kappa shape index (κ1) is 22.7. The number of carbonyl (C=O) groups excluding carboxylic acids is 3. The van der Waals surface area contributed by atoms with Gasteiger partial charge >= 0.3 is 5.97 Å². The zero-order chi connectivity index (χ0) is 21.1. The van der Waals surface area contributed by atoms with Crippen LogP contribution in [0, 0.1) is 11.8 Å². The van der Waals surface area contributed by atoms with Crippen molar-refractivity contribution < 1.29 is 24.3 Å². The largest absolute Gasteiger partial charge is 0.480 e. The molecule has 0 bridgehead atoms. The lowest BCUT2D eigenvalue weighted by atomic mass is 10.1. The molecule has 1 aromatic rings. The summed E-state index contributed by atoms with van der Waals surface area (Å²) in [6, 6.07) is 5.87. The number of benzene rings is 1. The third kappa shape index (κ3) is 7.91. The van der Waals surface area contributed by atoms with Crippen molar-refractivity contribution in [2.45, 2.75) is 51.7 Å². The highest BCUT2D eigenvalue weighted by Crippen LogP contribution is 2.04. The molecule has 0 saturated carbocycles. The molecule has 0 heterocycles. The van der Waals surface area contributed by atoms with Gasteiger partial charge in [-0.25, -0.2) is 4.79 Å². The Bertz CT molecular complexity index is 767. The maximum atomic E-state index is 12.3. The number of rotatable bonds is 9. The van der Waals surface area contributed by atoms with Gasteiger partial charge in [0.1, 0.15) is 18.1 Å². The monoisotopic (exact) mass is 387 g/mol. The minimum absolute atomic E-state index is 0.0992. The van der Waals surface area contributed by atoms with E-state index in [1.807, 2.05) is 6.07 Å². The summed E-state index contributed by atoms with van der Waals surface area (Å²) < 4.78 is 0. The quantitative estimate of drug-likeness (QED) is 0.451. The summed E-state index contributed by atoms with van der Waals surface area (Å²) in [4.78, 5) is 47.4. The first-order valence-corrected chi connectivity index (χ1v) is 8.78. The Hall–Kier alpha value is -3.34. The molecule has 8 nitrogen and oxygen atoms in total. The van der Waals surface area contributed by atoms with Crippen molar-refractivity contribution in [3.63, 3.8) is 0 Å². The first-order chi connectivity index (χ1) is 13.2. The number of nitrogens with one attached hydrogen (secondary N) is 3. The van der Waals surface area contributed by atoms with Crippen LogP contribution in [0.1, 0.15) is 32.8 Å². The summed E-state index contributed by atoms with van der Waals surface area (Å²) in [6.07, 6.45) is 0.213. The van der Waals surface area contributed by atoms with Crippen LogP contribution in [0.5, 0.6) is 0 Å². The molecule has 0 spiro atoms. The molecule has 3 atom stereocenters. The van der Waals surface area contributed by atoms with E-state index in [1.165, 1.54) is 13.8 Å². The molecule has 0 aliphatic carbocycles. The Morgan fingerprint density at radius 3 is 2.18 bits per heavy atom. The molecular weight excluding hydrogens is 362 g/mol. The second-order valence-electron chi connectivity index (χ2n) is 6.20. The van der Waals surface area contributed by atoms with Crippen LogP contribution in [0.3, 0.4) is 0 Å². The maximum absolute atomic E-state index is 12.3. The number of amides is 3. The van der Waals surface area contributed by atoms with Gasteiger partial charge in [0.2, 0.25) is 17.7 Å². The van der Waals surface area contributed by atoms with Crippen molar-refractivity contribution in [3.05, 3.63) is 35.9 Å². The average Bonchev–Trinajstić information content (AvgIpc) is 2.64. The van der Waals surface area contributed by atoms with Crippen molar-refractivity contribution >= 4 is 23.7 Å². The lowest BCUT2D eigenvalue weighted by Crippen LogP contribution is -2.54. The zero-order valence-electron chi connectivity index (χ0n) is 16.1. The number of carboxylic acid groups (broad SMARTS) is 1. The van der Waals surface area contributed by atoms with Crippen molar-refractivity contribution in [1.29, 1.82) is 0 Å². The number of aliphatic carboxylic acids is 1. The Morgan fingerprint density at radius 1 is 1.00 bits per heavy atom. The molecule has 0 radical (unpaired) electrons. The second-order valence-corrected chi connectivity index (χ2v) is 6.20. The molecule has 4 N–H and O–H groups in total. The van der Waals surface area contributed by atoms with Gasteiger partial charge in [0, 0.05) is 19.8 Å². The molecule has 1 unspecified atom stereocenters. The van der Waals surface area contributed by atoms with Crippen LogP contribution in [0.2, 0.25) is 0 Å². The molecule has 0 fully saturated rings. The number of hydrogen-bond donors (Lipinski definition) is 4. The fourth-order valence-corrected chi connectivity index (χ4v) is 2.38. The Balaban J connectivity index is 2.72. The number of hydrogen-bond acceptors (Lipinski definition) is 4. The van der Waals surface area contributed by atoms with Crippen LogP contribution >= 0.6 is 0 Å². The topological polar surface area (TPSA) is 125 Å². The van der Waals surface area contributed by atoms with Crippen LogP contribution in [0.4, 0.5) is 0 Å². The van der Waals surface area contributed by atoms with Gasteiger partial charge in [-0.15, -0.1) is 11.8 Å². The standard InChI is InChI=1S/C20H25N3O5/c1-4-5-11-16(22-14(3)24)19(26)21-13(2)18(25)23-17(20(27)28)12-15-9-7-6-8-10-15/h6-10,13,16-17H,11-12H2,1-3H3,(H,21,26)(H,22,24)(H,23,25)(H,27,28)/t13-,16?,17-/m0/s1. The highest BCUT2D eigenvalue weighted by atomic mass is 16.4. The Kier molecular flexibility index (Phi) is 9.23. The molecule has 0 saturated heterocycles. The van der Waals surface area contributed by atoms with Gasteiger partial charge in [-0.2, -0.15) is 0 Å². The van der Waals surface area contributed by atoms with Gasteiger partial charge in [-0.1, -0.05) is 30.3 Å². The molecule has 150 valence electrons. The molecule has 0 aliphatic heterocycles. The van der Waals surface area contributed by atoms with E-state index >= 15 is 0 Å². The summed E-state index contributed by atoms with van der Waals surface area (Å²) in [5.41, 5.74) is 0.760. The van der Waals surface area contributed by atoms with Gasteiger partial charge in [-0.05, 0) is 19.4 Å². The van der Waals surface area contributed by atoms with Gasteiger partial charge in [0.25, 0.3) is 0 Å². The van der Waals surface area contributed by atoms with Crippen LogP contribution in [0.25, 0.3) is 0 Å². The first-order valence-electron chi connectivity index (χ1n) is 8.78. The summed E-state index contributed by atoms with van der Waals surface area (Å²) in [5, 5.41) is 16.7. The van der Waals surface area contributed by atoms with E-state index in [-0.39, 0.29) is 12.8 Å². The number of carbonyl (C=O) groups is 4. The fourth-order valence-electron chi connectivity index (χ4n) is 2.38. The molecule has 8 heteroatoms. The van der Waals surface area contributed by atoms with Gasteiger partial charge < -0.3 is 21.1 Å². The van der Waals surface area contributed by atoms with E-state index in [0.29, 0.717) is 0 Å². The molecular formula is C20H25N3O5. The molecule has 1 rings (SSSR count). The predicted molar refractivity (Wildman–Crippen MR) is 103 cm³/mol. The van der Waals surface area contributed by atoms with Gasteiger partial charge in [0.05, 0.1) is 0 Å². The SMILES string of the molecule is CC#CCC(NC(C)=O)C(=O)N[C@@H](C)C(=O)N[C@@H](Cc1ccccc1)C(=O)O. The lowest BCUT2D eigenvalue weighted by molar-refractivity contribution is -0.142. The third-order valence-electron chi connectivity index (χ3n) is 3.83. The van der Waals surface area contributed by atoms with E-state index < -0.39 is 41.8 Å². The van der Waals surface area contributed by atoms with Gasteiger partial charge in [-0.3, -0.25) is 14.4 Å². The molecule has 0 aliphatic rings. The Labute approximate surface area is 164 Å². The fraction of sp³-hybridized carbons (Fsp3) is 0.400. The molecule has 3 amide bonds. The predicted octanol–water partition coefficient (Wildman–Crippen LogP) is 0.221. The van der Waals surface area contributed by atoms with E-state index in [4.69, 9.17) is 0 Å². The average molecular weight is 387 g/mol. The van der Waals surface area contributed by atoms with Crippen molar-refractivity contribution in [2.75, 3.05) is 0 Å². The van der Waals surface area contributed by atoms with E-state index in [0.717, 1.165) is 5.56 Å². The zero-order valence-corrected chi connectivity index (χ0v) is 16.1. The van der Waals surface area contributed by atoms with Crippen LogP contribution < -0.4 is 16.0 Å². The highest BCUT2D eigenvalue weighted by molar-refractivity contribution is 5.93. The summed E-state index contributed by atoms with van der Waals surface area (Å²) in [7, 11) is 0. The Morgan fingerprint density at radius 2 is 1.64 bits per heavy atom. The van der Waals surface area contributed by atoms with Crippen molar-refractivity contribution in [1.82, 2.24) is 16.0 Å². The van der Waals surface area contributed by atoms with Crippen molar-refractivity contribution in [2.24, 2.45) is 0 Å². The minimum atomic E-state index is -1.18. The van der Waals surface area contributed by atoms with Crippen LogP contribution in [0.15, 0.2) is 30.3 Å². The lowest BCUT2D eigenvalue weighted by Gasteiger charge is -2.21. The third-order valence-corrected chi connectivity index (χ3v) is 3.83. The normalized spacial score (nSPS) is 13.1. The van der Waals surface area contributed by atoms with Crippen molar-refractivity contribution in [3.8, 4) is 11.8 Å². The second kappa shape index (κ2) is 11.4. The highest BCUT2D eigenvalue weighted by Gasteiger charge is 2.26. The van der Waals surface area contributed by atoms with E-state index in [9.17, 15) is 24.3 Å². The molecule has 28 heavy (non-hydrogen) atoms.